The fourth-order valence-electron chi connectivity index (χ4n) is 2.94. The van der Waals surface area contributed by atoms with Crippen molar-refractivity contribution >= 4 is 40.4 Å². The number of aromatic nitrogens is 4. The Morgan fingerprint density at radius 3 is 2.74 bits per heavy atom. The highest BCUT2D eigenvalue weighted by atomic mass is 32.2. The van der Waals surface area contributed by atoms with Crippen molar-refractivity contribution < 1.29 is 18.7 Å². The number of methoxy groups -OCH3 is 1. The molecule has 0 atom stereocenters. The Bertz CT molecular complexity index is 1190. The van der Waals surface area contributed by atoms with Gasteiger partial charge in [-0.15, -0.1) is 10.2 Å². The summed E-state index contributed by atoms with van der Waals surface area (Å²) in [6.45, 7) is 0. The molecule has 1 amide bonds. The molecule has 0 aliphatic heterocycles. The van der Waals surface area contributed by atoms with Gasteiger partial charge in [0.2, 0.25) is 11.8 Å². The molecule has 4 rings (SSSR count). The number of hydrogen-bond acceptors (Lipinski definition) is 8. The molecule has 4 aromatic rings. The third kappa shape index (κ3) is 5.10. The summed E-state index contributed by atoms with van der Waals surface area (Å²) >= 11 is 1.12. The third-order valence-corrected chi connectivity index (χ3v) is 5.21. The van der Waals surface area contributed by atoms with Gasteiger partial charge < -0.3 is 19.5 Å². The van der Waals surface area contributed by atoms with Gasteiger partial charge in [-0.25, -0.2) is 9.78 Å². The summed E-state index contributed by atoms with van der Waals surface area (Å²) in [5, 5.41) is 11.0. The van der Waals surface area contributed by atoms with Gasteiger partial charge in [-0.2, -0.15) is 0 Å². The number of fused-ring (bicyclic) bond motifs is 1. The van der Waals surface area contributed by atoms with Gasteiger partial charge in [0.25, 0.3) is 5.22 Å². The van der Waals surface area contributed by atoms with Gasteiger partial charge >= 0.3 is 5.97 Å². The number of benzene rings is 2. The van der Waals surface area contributed by atoms with E-state index >= 15 is 0 Å². The fourth-order valence-corrected chi connectivity index (χ4v) is 3.52. The molecule has 0 radical (unpaired) electrons. The van der Waals surface area contributed by atoms with Crippen LogP contribution in [0.4, 0.5) is 5.69 Å². The van der Waals surface area contributed by atoms with Gasteiger partial charge in [-0.3, -0.25) is 4.79 Å². The Morgan fingerprint density at radius 1 is 1.10 bits per heavy atom. The molecule has 9 nitrogen and oxygen atoms in total. The number of imidazole rings is 1. The topological polar surface area (TPSA) is 123 Å². The largest absolute Gasteiger partial charge is 0.465 e. The molecular weight excluding hydrogens is 418 g/mol. The number of anilines is 1. The highest BCUT2D eigenvalue weighted by Crippen LogP contribution is 2.20. The van der Waals surface area contributed by atoms with Crippen molar-refractivity contribution in [3.05, 3.63) is 65.8 Å². The highest BCUT2D eigenvalue weighted by molar-refractivity contribution is 7.99. The fraction of sp³-hybridized carbons (Fsp3) is 0.190. The van der Waals surface area contributed by atoms with Gasteiger partial charge in [-0.05, 0) is 24.3 Å². The summed E-state index contributed by atoms with van der Waals surface area (Å²) in [6.07, 6.45) is 1.16. The van der Waals surface area contributed by atoms with Crippen LogP contribution in [-0.4, -0.2) is 44.9 Å². The van der Waals surface area contributed by atoms with Crippen molar-refractivity contribution in [2.75, 3.05) is 18.2 Å². The predicted molar refractivity (Wildman–Crippen MR) is 115 cm³/mol. The van der Waals surface area contributed by atoms with Crippen LogP contribution in [0.2, 0.25) is 0 Å². The molecule has 0 spiro atoms. The number of aromatic amines is 1. The smallest absolute Gasteiger partial charge is 0.339 e. The number of nitrogens with zero attached hydrogens (tertiary/aromatic N) is 3. The molecule has 0 saturated heterocycles. The number of thioether (sulfide) groups is 1. The van der Waals surface area contributed by atoms with Crippen molar-refractivity contribution in [2.24, 2.45) is 0 Å². The molecule has 31 heavy (non-hydrogen) atoms. The average molecular weight is 437 g/mol. The van der Waals surface area contributed by atoms with E-state index in [0.29, 0.717) is 29.6 Å². The van der Waals surface area contributed by atoms with E-state index in [4.69, 9.17) is 9.15 Å². The van der Waals surface area contributed by atoms with Crippen LogP contribution in [0.15, 0.2) is 58.2 Å². The summed E-state index contributed by atoms with van der Waals surface area (Å²) < 4.78 is 10.3. The predicted octanol–water partition coefficient (Wildman–Crippen LogP) is 3.25. The quantitative estimate of drug-likeness (QED) is 0.318. The lowest BCUT2D eigenvalue weighted by Gasteiger charge is -2.08. The molecule has 0 saturated carbocycles. The Kier molecular flexibility index (Phi) is 6.27. The number of hydrogen-bond donors (Lipinski definition) is 2. The summed E-state index contributed by atoms with van der Waals surface area (Å²) in [5.74, 6) is 0.551. The second-order valence-electron chi connectivity index (χ2n) is 6.54. The summed E-state index contributed by atoms with van der Waals surface area (Å²) in [6, 6.07) is 14.5. The maximum absolute atomic E-state index is 12.3. The van der Waals surface area contributed by atoms with Crippen LogP contribution in [0, 0.1) is 0 Å². The zero-order valence-electron chi connectivity index (χ0n) is 16.6. The van der Waals surface area contributed by atoms with Crippen molar-refractivity contribution in [2.45, 2.75) is 18.1 Å². The van der Waals surface area contributed by atoms with E-state index in [1.165, 1.54) is 7.11 Å². The number of carbonyl (C=O) groups is 2. The molecule has 0 unspecified atom stereocenters. The first-order chi connectivity index (χ1) is 15.1. The molecule has 2 heterocycles. The molecule has 0 bridgehead atoms. The van der Waals surface area contributed by atoms with Gasteiger partial charge in [-0.1, -0.05) is 36.0 Å². The van der Waals surface area contributed by atoms with E-state index in [9.17, 15) is 9.59 Å². The van der Waals surface area contributed by atoms with E-state index in [0.717, 1.165) is 28.6 Å². The zero-order chi connectivity index (χ0) is 21.6. The minimum atomic E-state index is -0.519. The van der Waals surface area contributed by atoms with Gasteiger partial charge in [0.05, 0.1) is 35.1 Å². The van der Waals surface area contributed by atoms with Crippen LogP contribution in [0.5, 0.6) is 0 Å². The molecule has 2 N–H and O–H groups in total. The van der Waals surface area contributed by atoms with E-state index in [-0.39, 0.29) is 17.2 Å². The zero-order valence-corrected chi connectivity index (χ0v) is 17.4. The number of para-hydroxylation sites is 3. The summed E-state index contributed by atoms with van der Waals surface area (Å²) in [5.41, 5.74) is 2.57. The first kappa shape index (κ1) is 20.6. The molecule has 158 valence electrons. The number of rotatable bonds is 8. The Morgan fingerprint density at radius 2 is 1.90 bits per heavy atom. The molecule has 0 aliphatic rings. The number of ether oxygens (including phenoxy) is 1. The normalized spacial score (nSPS) is 10.9. The molecule has 0 fully saturated rings. The number of H-pyrrole nitrogens is 1. The second-order valence-corrected chi connectivity index (χ2v) is 7.46. The van der Waals surface area contributed by atoms with Crippen molar-refractivity contribution in [3.63, 3.8) is 0 Å². The Labute approximate surface area is 181 Å². The maximum Gasteiger partial charge on any atom is 0.339 e. The summed E-state index contributed by atoms with van der Waals surface area (Å²) in [7, 11) is 1.29. The van der Waals surface area contributed by atoms with E-state index in [1.807, 2.05) is 24.3 Å². The Hall–Kier alpha value is -3.66. The first-order valence-electron chi connectivity index (χ1n) is 9.48. The number of amides is 1. The van der Waals surface area contributed by atoms with Crippen molar-refractivity contribution in [3.8, 4) is 0 Å². The van der Waals surface area contributed by atoms with Crippen LogP contribution in [0.3, 0.4) is 0 Å². The molecule has 2 aromatic carbocycles. The number of esters is 1. The van der Waals surface area contributed by atoms with E-state index in [1.54, 1.807) is 24.3 Å². The molecule has 2 aromatic heterocycles. The van der Waals surface area contributed by atoms with Crippen molar-refractivity contribution in [1.82, 2.24) is 20.2 Å². The van der Waals surface area contributed by atoms with Crippen molar-refractivity contribution in [1.29, 1.82) is 0 Å². The van der Waals surface area contributed by atoms with Gasteiger partial charge in [0.1, 0.15) is 5.82 Å². The maximum atomic E-state index is 12.3. The third-order valence-electron chi connectivity index (χ3n) is 4.40. The molecule has 10 heteroatoms. The number of nitrogens with one attached hydrogen (secondary N) is 2. The van der Waals surface area contributed by atoms with Gasteiger partial charge in [0, 0.05) is 12.8 Å². The van der Waals surface area contributed by atoms with Crippen LogP contribution in [0.25, 0.3) is 11.0 Å². The van der Waals surface area contributed by atoms with E-state index < -0.39 is 5.97 Å². The number of carbonyl (C=O) groups excluding carboxylic acids is 2. The first-order valence-corrected chi connectivity index (χ1v) is 10.5. The lowest BCUT2D eigenvalue weighted by molar-refractivity contribution is -0.113. The molecule has 0 aliphatic carbocycles. The van der Waals surface area contributed by atoms with E-state index in [2.05, 4.69) is 25.5 Å². The van der Waals surface area contributed by atoms with Crippen LogP contribution < -0.4 is 5.32 Å². The van der Waals surface area contributed by atoms with Crippen LogP contribution >= 0.6 is 11.8 Å². The average Bonchev–Trinajstić information content (AvgIpc) is 3.42. The molecular formula is C21H19N5O4S. The standard InChI is InChI=1S/C21H19N5O4S/c1-29-20(28)13-6-2-3-7-14(13)24-18(27)12-31-21-26-25-19(30-21)11-10-17-22-15-8-4-5-9-16(15)23-17/h2-9H,10-12H2,1H3,(H,22,23)(H,24,27). The highest BCUT2D eigenvalue weighted by Gasteiger charge is 2.15. The second kappa shape index (κ2) is 9.43. The Balaban J connectivity index is 1.29. The van der Waals surface area contributed by atoms with Crippen LogP contribution in [0.1, 0.15) is 22.1 Å². The SMILES string of the molecule is COC(=O)c1ccccc1NC(=O)CSc1nnc(CCc2nc3ccccc3[nH]2)o1. The summed E-state index contributed by atoms with van der Waals surface area (Å²) in [4.78, 5) is 31.8. The lowest BCUT2D eigenvalue weighted by Crippen LogP contribution is -2.17. The minimum Gasteiger partial charge on any atom is -0.465 e. The number of aryl methyl sites for hydroxylation is 2. The van der Waals surface area contributed by atoms with Crippen LogP contribution in [-0.2, 0) is 22.4 Å². The monoisotopic (exact) mass is 437 g/mol. The minimum absolute atomic E-state index is 0.0563. The van der Waals surface area contributed by atoms with Gasteiger partial charge in [0.15, 0.2) is 0 Å². The lowest BCUT2D eigenvalue weighted by atomic mass is 10.2.